The fraction of sp³-hybridized carbons (Fsp3) is 0.500. The van der Waals surface area contributed by atoms with Crippen molar-refractivity contribution in [1.82, 2.24) is 19.9 Å². The lowest BCUT2D eigenvalue weighted by molar-refractivity contribution is -0.148. The highest BCUT2D eigenvalue weighted by Crippen LogP contribution is 2.40. The highest BCUT2D eigenvalue weighted by molar-refractivity contribution is 7.82. The molecule has 1 aromatic heterocycles. The van der Waals surface area contributed by atoms with Crippen LogP contribution in [0.1, 0.15) is 42.8 Å². The molecule has 4 N–H and O–H groups in total. The van der Waals surface area contributed by atoms with Crippen molar-refractivity contribution in [2.45, 2.75) is 49.9 Å². The number of carbonyl (C=O) groups excluding carboxylic acids is 2. The predicted molar refractivity (Wildman–Crippen MR) is 164 cm³/mol. The lowest BCUT2D eigenvalue weighted by atomic mass is 9.77. The first kappa shape index (κ1) is 34.1. The van der Waals surface area contributed by atoms with Crippen LogP contribution in [0.3, 0.4) is 0 Å². The number of ether oxygens (including phenoxy) is 3. The Bertz CT molecular complexity index is 1440. The minimum atomic E-state index is -1.37. The van der Waals surface area contributed by atoms with Crippen LogP contribution in [-0.2, 0) is 34.8 Å². The fourth-order valence-corrected chi connectivity index (χ4v) is 7.84. The molecule has 3 aliphatic heterocycles. The molecule has 0 spiro atoms. The number of nitrogens with one attached hydrogen (secondary N) is 2. The summed E-state index contributed by atoms with van der Waals surface area (Å²) in [5.41, 5.74) is 0.478. The van der Waals surface area contributed by atoms with Gasteiger partial charge in [-0.25, -0.2) is 23.1 Å². The van der Waals surface area contributed by atoms with E-state index in [2.05, 4.69) is 19.9 Å². The maximum Gasteiger partial charge on any atom is 0.338 e. The molecule has 4 atom stereocenters. The standard InChI is InChI=1S/C28H33ClFN5O6S2.H2O/c1-4-41-22(36)12-28(34-43(3)38)10-17-14-40-15-18(11-28)35(17)13-21-23(27(37)39-2)24(19-6-5-16(30)9-20(19)29)33-25(32-21)26-31-7-8-42-26;/h5-9,17-18,24,34H,4,10-15H2,1-3H3,(H,32,33);1H2/t17?,18?,24-,28?,43?;/m0./s1. The lowest BCUT2D eigenvalue weighted by Crippen LogP contribution is -2.66. The number of carbonyl (C=O) groups is 2. The molecule has 2 bridgehead atoms. The predicted octanol–water partition coefficient (Wildman–Crippen LogP) is 2.07. The van der Waals surface area contributed by atoms with E-state index in [9.17, 15) is 18.2 Å². The summed E-state index contributed by atoms with van der Waals surface area (Å²) in [6, 6.07) is 2.73. The van der Waals surface area contributed by atoms with E-state index < -0.39 is 34.4 Å². The quantitative estimate of drug-likeness (QED) is 0.360. The molecule has 3 aliphatic rings. The molecule has 5 rings (SSSR count). The SMILES string of the molecule is CCOC(=O)CC1(NS(C)=O)CC2COCC(C1)N2CC1=C(C(=O)OC)[C@H](c2ccc(F)cc2Cl)N=C(c2nccs2)N1.O. The monoisotopic (exact) mass is 671 g/mol. The number of methoxy groups -OCH3 is 1. The van der Waals surface area contributed by atoms with Gasteiger partial charge in [0.2, 0.25) is 0 Å². The van der Waals surface area contributed by atoms with Gasteiger partial charge in [-0.2, -0.15) is 0 Å². The van der Waals surface area contributed by atoms with Crippen molar-refractivity contribution in [2.75, 3.05) is 39.7 Å². The van der Waals surface area contributed by atoms with Gasteiger partial charge in [0.25, 0.3) is 0 Å². The molecular formula is C28H35ClFN5O7S2. The summed E-state index contributed by atoms with van der Waals surface area (Å²) < 4.78 is 45.9. The number of halogens is 2. The first-order valence-corrected chi connectivity index (χ1v) is 16.6. The second-order valence-corrected chi connectivity index (χ2v) is 13.1. The topological polar surface area (TPSA) is 163 Å². The molecule has 240 valence electrons. The van der Waals surface area contributed by atoms with E-state index in [1.54, 1.807) is 19.4 Å². The van der Waals surface area contributed by atoms with E-state index in [-0.39, 0.29) is 53.7 Å². The summed E-state index contributed by atoms with van der Waals surface area (Å²) in [5, 5.41) is 5.88. The molecule has 12 nitrogen and oxygen atoms in total. The zero-order valence-corrected chi connectivity index (χ0v) is 26.8. The zero-order valence-electron chi connectivity index (χ0n) is 24.4. The molecule has 0 amide bonds. The third kappa shape index (κ3) is 7.36. The van der Waals surface area contributed by atoms with Crippen LogP contribution in [0.15, 0.2) is 46.0 Å². The summed E-state index contributed by atoms with van der Waals surface area (Å²) in [6.45, 7) is 3.04. The summed E-state index contributed by atoms with van der Waals surface area (Å²) in [5.74, 6) is -1.03. The number of aromatic nitrogens is 1. The summed E-state index contributed by atoms with van der Waals surface area (Å²) in [4.78, 5) is 37.4. The van der Waals surface area contributed by atoms with E-state index in [4.69, 9.17) is 30.8 Å². The number of aliphatic imine (C=N–C) groups is 1. The molecule has 0 radical (unpaired) electrons. The number of esters is 2. The number of hydrogen-bond acceptors (Lipinski definition) is 11. The van der Waals surface area contributed by atoms with Crippen LogP contribution < -0.4 is 10.0 Å². The van der Waals surface area contributed by atoms with Crippen LogP contribution in [0.5, 0.6) is 0 Å². The molecule has 2 fully saturated rings. The van der Waals surface area contributed by atoms with Crippen molar-refractivity contribution in [2.24, 2.45) is 4.99 Å². The minimum Gasteiger partial charge on any atom is -0.466 e. The number of thiazole rings is 1. The second kappa shape index (κ2) is 14.5. The maximum atomic E-state index is 14.0. The van der Waals surface area contributed by atoms with Crippen molar-refractivity contribution in [3.63, 3.8) is 0 Å². The highest BCUT2D eigenvalue weighted by atomic mass is 35.5. The first-order valence-electron chi connectivity index (χ1n) is 13.7. The van der Waals surface area contributed by atoms with E-state index in [1.165, 1.54) is 36.6 Å². The Balaban J connectivity index is 0.00000442. The molecule has 16 heteroatoms. The summed E-state index contributed by atoms with van der Waals surface area (Å²) in [7, 11) is -0.0822. The highest BCUT2D eigenvalue weighted by Gasteiger charge is 2.49. The van der Waals surface area contributed by atoms with Gasteiger partial charge in [-0.15, -0.1) is 11.3 Å². The third-order valence-electron chi connectivity index (χ3n) is 7.72. The number of rotatable bonds is 10. The van der Waals surface area contributed by atoms with Gasteiger partial charge >= 0.3 is 11.9 Å². The van der Waals surface area contributed by atoms with E-state index in [0.717, 1.165) is 0 Å². The van der Waals surface area contributed by atoms with Gasteiger partial charge in [0.05, 0.1) is 49.9 Å². The number of amidine groups is 1. The number of fused-ring (bicyclic) bond motifs is 2. The third-order valence-corrected chi connectivity index (χ3v) is 9.55. The van der Waals surface area contributed by atoms with Gasteiger partial charge in [0.15, 0.2) is 10.8 Å². The fourth-order valence-electron chi connectivity index (χ4n) is 6.13. The van der Waals surface area contributed by atoms with Gasteiger partial charge < -0.3 is 25.0 Å². The van der Waals surface area contributed by atoms with Crippen LogP contribution in [0.4, 0.5) is 4.39 Å². The van der Waals surface area contributed by atoms with Crippen LogP contribution in [0, 0.1) is 5.82 Å². The smallest absolute Gasteiger partial charge is 0.338 e. The Morgan fingerprint density at radius 1 is 1.32 bits per heavy atom. The zero-order chi connectivity index (χ0) is 30.7. The van der Waals surface area contributed by atoms with E-state index in [0.29, 0.717) is 48.2 Å². The van der Waals surface area contributed by atoms with Crippen LogP contribution in [0.2, 0.25) is 5.02 Å². The van der Waals surface area contributed by atoms with Crippen molar-refractivity contribution >= 4 is 51.7 Å². The largest absolute Gasteiger partial charge is 0.466 e. The Morgan fingerprint density at radius 2 is 2.05 bits per heavy atom. The molecule has 1 aromatic carbocycles. The Morgan fingerprint density at radius 3 is 2.64 bits per heavy atom. The van der Waals surface area contributed by atoms with Gasteiger partial charge in [-0.05, 0) is 31.9 Å². The van der Waals surface area contributed by atoms with Crippen molar-refractivity contribution < 1.29 is 37.9 Å². The molecule has 0 aliphatic carbocycles. The summed E-state index contributed by atoms with van der Waals surface area (Å²) in [6.07, 6.45) is 4.20. The molecule has 2 aromatic rings. The number of piperidine rings is 1. The van der Waals surface area contributed by atoms with E-state index >= 15 is 0 Å². The average molecular weight is 672 g/mol. The molecule has 4 heterocycles. The second-order valence-electron chi connectivity index (χ2n) is 10.6. The molecule has 2 saturated heterocycles. The molecule has 0 saturated carbocycles. The Labute approximate surface area is 265 Å². The maximum absolute atomic E-state index is 14.0. The molecule has 3 unspecified atom stereocenters. The minimum absolute atomic E-state index is 0. The lowest BCUT2D eigenvalue weighted by Gasteiger charge is -2.53. The van der Waals surface area contributed by atoms with Crippen molar-refractivity contribution in [1.29, 1.82) is 0 Å². The molecular weight excluding hydrogens is 637 g/mol. The van der Waals surface area contributed by atoms with Crippen LogP contribution >= 0.6 is 22.9 Å². The first-order chi connectivity index (χ1) is 20.6. The van der Waals surface area contributed by atoms with Gasteiger partial charge in [-0.3, -0.25) is 14.7 Å². The van der Waals surface area contributed by atoms with E-state index in [1.807, 2.05) is 5.38 Å². The number of benzene rings is 1. The van der Waals surface area contributed by atoms with Crippen molar-refractivity contribution in [3.05, 3.63) is 62.5 Å². The number of morpholine rings is 1. The normalized spacial score (nSPS) is 25.8. The van der Waals surface area contributed by atoms with Crippen molar-refractivity contribution in [3.8, 4) is 0 Å². The van der Waals surface area contributed by atoms with Crippen LogP contribution in [0.25, 0.3) is 0 Å². The van der Waals surface area contributed by atoms with Gasteiger partial charge in [0, 0.05) is 58.3 Å². The number of hydrogen-bond donors (Lipinski definition) is 2. The number of nitrogens with zero attached hydrogens (tertiary/aromatic N) is 3. The molecule has 44 heavy (non-hydrogen) atoms. The Hall–Kier alpha value is -2.79. The van der Waals surface area contributed by atoms with Crippen LogP contribution in [-0.4, -0.2) is 94.7 Å². The average Bonchev–Trinajstić information content (AvgIpc) is 3.48. The van der Waals surface area contributed by atoms with Gasteiger partial charge in [-0.1, -0.05) is 17.7 Å². The Kier molecular flexibility index (Phi) is 11.3. The van der Waals surface area contributed by atoms with Gasteiger partial charge in [0.1, 0.15) is 11.9 Å². The summed E-state index contributed by atoms with van der Waals surface area (Å²) >= 11 is 7.87.